The van der Waals surface area contributed by atoms with E-state index in [-0.39, 0.29) is 0 Å². The average molecular weight is 255 g/mol. The zero-order valence-electron chi connectivity index (χ0n) is 11.3. The van der Waals surface area contributed by atoms with Crippen molar-refractivity contribution in [3.63, 3.8) is 0 Å². The first-order valence-electron chi connectivity index (χ1n) is 6.16. The van der Waals surface area contributed by atoms with Gasteiger partial charge in [-0.1, -0.05) is 12.1 Å². The first-order chi connectivity index (χ1) is 8.99. The summed E-state index contributed by atoms with van der Waals surface area (Å²) in [4.78, 5) is 10.6. The Morgan fingerprint density at radius 1 is 1.21 bits per heavy atom. The monoisotopic (exact) mass is 255 g/mol. The van der Waals surface area contributed by atoms with Crippen molar-refractivity contribution in [2.75, 3.05) is 0 Å². The van der Waals surface area contributed by atoms with Gasteiger partial charge in [0.2, 0.25) is 0 Å². The lowest BCUT2D eigenvalue weighted by molar-refractivity contribution is -0.131. The van der Waals surface area contributed by atoms with Gasteiger partial charge in [-0.05, 0) is 56.2 Å². The van der Waals surface area contributed by atoms with Crippen LogP contribution in [0, 0.1) is 20.8 Å². The lowest BCUT2D eigenvalue weighted by Gasteiger charge is -2.10. The van der Waals surface area contributed by atoms with E-state index in [4.69, 9.17) is 5.11 Å². The molecule has 19 heavy (non-hydrogen) atoms. The van der Waals surface area contributed by atoms with Crippen molar-refractivity contribution in [2.24, 2.45) is 0 Å². The Kier molecular flexibility index (Phi) is 3.56. The number of carboxylic acid groups (broad SMARTS) is 1. The molecule has 0 unspecified atom stereocenters. The van der Waals surface area contributed by atoms with Crippen LogP contribution in [0.1, 0.15) is 22.5 Å². The average Bonchev–Trinajstić information content (AvgIpc) is 2.62. The lowest BCUT2D eigenvalue weighted by Crippen LogP contribution is -1.99. The summed E-state index contributed by atoms with van der Waals surface area (Å²) >= 11 is 0. The van der Waals surface area contributed by atoms with E-state index in [2.05, 4.69) is 29.7 Å². The summed E-state index contributed by atoms with van der Waals surface area (Å²) in [5, 5.41) is 8.70. The smallest absolute Gasteiger partial charge is 0.328 e. The van der Waals surface area contributed by atoms with E-state index in [0.717, 1.165) is 22.6 Å². The highest BCUT2D eigenvalue weighted by atomic mass is 16.4. The second-order valence-corrected chi connectivity index (χ2v) is 4.67. The predicted molar refractivity (Wildman–Crippen MR) is 76.6 cm³/mol. The first kappa shape index (κ1) is 13.1. The number of aromatic nitrogens is 1. The van der Waals surface area contributed by atoms with Gasteiger partial charge >= 0.3 is 5.97 Å². The summed E-state index contributed by atoms with van der Waals surface area (Å²) < 4.78 is 2.13. The Bertz CT molecular complexity index is 651. The van der Waals surface area contributed by atoms with E-state index in [9.17, 15) is 4.79 Å². The molecule has 3 heteroatoms. The van der Waals surface area contributed by atoms with E-state index in [1.165, 1.54) is 11.6 Å². The maximum Gasteiger partial charge on any atom is 0.328 e. The summed E-state index contributed by atoms with van der Waals surface area (Å²) in [7, 11) is 0. The number of aliphatic carboxylic acids is 1. The van der Waals surface area contributed by atoms with Gasteiger partial charge in [-0.2, -0.15) is 0 Å². The molecule has 1 aromatic heterocycles. The fraction of sp³-hybridized carbons (Fsp3) is 0.188. The third-order valence-electron chi connectivity index (χ3n) is 3.14. The zero-order valence-corrected chi connectivity index (χ0v) is 11.3. The number of aryl methyl sites for hydroxylation is 2. The minimum absolute atomic E-state index is 0.930. The van der Waals surface area contributed by atoms with Crippen molar-refractivity contribution in [3.8, 4) is 5.69 Å². The van der Waals surface area contributed by atoms with Crippen LogP contribution in [-0.4, -0.2) is 15.6 Å². The van der Waals surface area contributed by atoms with Crippen LogP contribution in [-0.2, 0) is 4.79 Å². The Hall–Kier alpha value is -2.29. The number of hydrogen-bond acceptors (Lipinski definition) is 1. The van der Waals surface area contributed by atoms with Gasteiger partial charge in [-0.15, -0.1) is 0 Å². The van der Waals surface area contributed by atoms with Crippen molar-refractivity contribution in [3.05, 3.63) is 58.9 Å². The van der Waals surface area contributed by atoms with Crippen molar-refractivity contribution in [2.45, 2.75) is 20.8 Å². The molecule has 0 aliphatic rings. The minimum atomic E-state index is -0.930. The fourth-order valence-electron chi connectivity index (χ4n) is 2.28. The molecule has 1 aromatic carbocycles. The molecule has 0 aliphatic carbocycles. The molecule has 2 aromatic rings. The number of nitrogens with zero attached hydrogens (tertiary/aromatic N) is 1. The topological polar surface area (TPSA) is 42.2 Å². The summed E-state index contributed by atoms with van der Waals surface area (Å²) in [6.07, 6.45) is 2.80. The van der Waals surface area contributed by atoms with Crippen LogP contribution in [0.2, 0.25) is 0 Å². The number of carbonyl (C=O) groups is 1. The minimum Gasteiger partial charge on any atom is -0.478 e. The van der Waals surface area contributed by atoms with Crippen LogP contribution in [0.4, 0.5) is 0 Å². The third-order valence-corrected chi connectivity index (χ3v) is 3.14. The summed E-state index contributed by atoms with van der Waals surface area (Å²) in [6, 6.07) is 10.2. The second-order valence-electron chi connectivity index (χ2n) is 4.67. The number of carboxylic acids is 1. The maximum atomic E-state index is 10.6. The highest BCUT2D eigenvalue weighted by molar-refractivity contribution is 5.85. The molecule has 0 radical (unpaired) electrons. The molecular formula is C16H17NO2. The number of benzene rings is 1. The summed E-state index contributed by atoms with van der Waals surface area (Å²) in [6.45, 7) is 6.08. The fourth-order valence-corrected chi connectivity index (χ4v) is 2.28. The van der Waals surface area contributed by atoms with Crippen molar-refractivity contribution >= 4 is 12.0 Å². The van der Waals surface area contributed by atoms with Gasteiger partial charge in [0.1, 0.15) is 0 Å². The highest BCUT2D eigenvalue weighted by Crippen LogP contribution is 2.22. The zero-order chi connectivity index (χ0) is 14.0. The van der Waals surface area contributed by atoms with Crippen LogP contribution >= 0.6 is 0 Å². The Morgan fingerprint density at radius 2 is 1.95 bits per heavy atom. The number of hydrogen-bond donors (Lipinski definition) is 1. The van der Waals surface area contributed by atoms with E-state index in [1.54, 1.807) is 6.08 Å². The molecule has 1 heterocycles. The molecule has 0 spiro atoms. The van der Waals surface area contributed by atoms with E-state index in [1.807, 2.05) is 26.0 Å². The van der Waals surface area contributed by atoms with Gasteiger partial charge in [0.05, 0.1) is 0 Å². The van der Waals surface area contributed by atoms with Gasteiger partial charge in [-0.25, -0.2) is 4.79 Å². The summed E-state index contributed by atoms with van der Waals surface area (Å²) in [5.41, 5.74) is 5.37. The van der Waals surface area contributed by atoms with Gasteiger partial charge < -0.3 is 9.67 Å². The van der Waals surface area contributed by atoms with Crippen LogP contribution < -0.4 is 0 Å². The molecule has 0 saturated carbocycles. The quantitative estimate of drug-likeness (QED) is 0.853. The van der Waals surface area contributed by atoms with Crippen LogP contribution in [0.5, 0.6) is 0 Å². The SMILES string of the molecule is Cc1cccc(-n2c(C)cc(C=CC(=O)O)c2C)c1. The van der Waals surface area contributed by atoms with E-state index >= 15 is 0 Å². The number of rotatable bonds is 3. The molecular weight excluding hydrogens is 238 g/mol. The third kappa shape index (κ3) is 2.76. The van der Waals surface area contributed by atoms with Crippen molar-refractivity contribution in [1.29, 1.82) is 0 Å². The van der Waals surface area contributed by atoms with Gasteiger partial charge in [0.15, 0.2) is 0 Å². The van der Waals surface area contributed by atoms with Crippen molar-refractivity contribution < 1.29 is 9.90 Å². The first-order valence-corrected chi connectivity index (χ1v) is 6.16. The van der Waals surface area contributed by atoms with Crippen molar-refractivity contribution in [1.82, 2.24) is 4.57 Å². The maximum absolute atomic E-state index is 10.6. The Labute approximate surface area is 112 Å². The Morgan fingerprint density at radius 3 is 2.58 bits per heavy atom. The lowest BCUT2D eigenvalue weighted by atomic mass is 10.2. The van der Waals surface area contributed by atoms with Gasteiger partial charge in [0, 0.05) is 23.2 Å². The molecule has 1 N–H and O–H groups in total. The van der Waals surface area contributed by atoms with E-state index < -0.39 is 5.97 Å². The van der Waals surface area contributed by atoms with Crippen LogP contribution in [0.15, 0.2) is 36.4 Å². The molecule has 98 valence electrons. The molecule has 0 bridgehead atoms. The second kappa shape index (κ2) is 5.14. The van der Waals surface area contributed by atoms with Gasteiger partial charge in [0.25, 0.3) is 0 Å². The highest BCUT2D eigenvalue weighted by Gasteiger charge is 2.09. The molecule has 0 aliphatic heterocycles. The van der Waals surface area contributed by atoms with Crippen LogP contribution in [0.25, 0.3) is 11.8 Å². The standard InChI is InChI=1S/C16H17NO2/c1-11-5-4-6-15(9-11)17-12(2)10-14(13(17)3)7-8-16(18)19/h4-10H,1-3H3,(H,18,19). The van der Waals surface area contributed by atoms with Gasteiger partial charge in [-0.3, -0.25) is 0 Å². The van der Waals surface area contributed by atoms with E-state index in [0.29, 0.717) is 0 Å². The molecule has 2 rings (SSSR count). The normalized spacial score (nSPS) is 11.1. The van der Waals surface area contributed by atoms with Crippen LogP contribution in [0.3, 0.4) is 0 Å². The Balaban J connectivity index is 2.51. The molecule has 0 saturated heterocycles. The molecule has 0 amide bonds. The largest absolute Gasteiger partial charge is 0.478 e. The molecule has 3 nitrogen and oxygen atoms in total. The molecule has 0 atom stereocenters. The molecule has 0 fully saturated rings. The predicted octanol–water partition coefficient (Wildman–Crippen LogP) is 3.50. The summed E-state index contributed by atoms with van der Waals surface area (Å²) in [5.74, 6) is -0.930.